The van der Waals surface area contributed by atoms with E-state index in [0.29, 0.717) is 31.0 Å². The number of rotatable bonds is 4. The standard InChI is InChI=1S/C17H26FN5O/c1-15(2,3)22-13-11(12(19)24)10-20-14(21-13)23-17-7-4-16(18,5-8-17)6-9-17/h10H,4-9H2,1-3H3,(H2,19,24)(H2,20,21,22,23). The molecule has 24 heavy (non-hydrogen) atoms. The van der Waals surface area contributed by atoms with Crippen molar-refractivity contribution in [1.82, 2.24) is 9.97 Å². The van der Waals surface area contributed by atoms with Gasteiger partial charge in [0.1, 0.15) is 11.5 Å². The molecule has 1 heterocycles. The highest BCUT2D eigenvalue weighted by atomic mass is 19.1. The van der Waals surface area contributed by atoms with Gasteiger partial charge >= 0.3 is 0 Å². The molecule has 0 spiro atoms. The molecule has 6 nitrogen and oxygen atoms in total. The van der Waals surface area contributed by atoms with E-state index >= 15 is 0 Å². The number of anilines is 2. The molecule has 3 fully saturated rings. The maximum absolute atomic E-state index is 14.3. The number of amides is 1. The molecular weight excluding hydrogens is 309 g/mol. The molecular formula is C17H26FN5O. The molecule has 7 heteroatoms. The zero-order valence-electron chi connectivity index (χ0n) is 14.6. The third-order valence-electron chi connectivity index (χ3n) is 5.08. The third kappa shape index (κ3) is 3.44. The molecule has 3 saturated carbocycles. The number of alkyl halides is 1. The molecule has 0 radical (unpaired) electrons. The largest absolute Gasteiger partial charge is 0.365 e. The van der Waals surface area contributed by atoms with Crippen LogP contribution in [0.1, 0.15) is 69.7 Å². The van der Waals surface area contributed by atoms with Gasteiger partial charge in [-0.15, -0.1) is 0 Å². The fourth-order valence-corrected chi connectivity index (χ4v) is 3.64. The molecule has 3 aliphatic rings. The Morgan fingerprint density at radius 1 is 1.21 bits per heavy atom. The first-order valence-corrected chi connectivity index (χ1v) is 8.52. The second kappa shape index (κ2) is 5.57. The first kappa shape index (κ1) is 16.9. The van der Waals surface area contributed by atoms with E-state index in [2.05, 4.69) is 20.6 Å². The van der Waals surface area contributed by atoms with Crippen LogP contribution in [0.4, 0.5) is 16.2 Å². The van der Waals surface area contributed by atoms with Crippen molar-refractivity contribution in [3.05, 3.63) is 11.8 Å². The summed E-state index contributed by atoms with van der Waals surface area (Å²) in [6, 6.07) is 0. The van der Waals surface area contributed by atoms with E-state index in [1.165, 1.54) is 6.20 Å². The van der Waals surface area contributed by atoms with Crippen molar-refractivity contribution in [1.29, 1.82) is 0 Å². The Hall–Kier alpha value is -1.92. The molecule has 0 saturated heterocycles. The minimum Gasteiger partial charge on any atom is -0.365 e. The fourth-order valence-electron chi connectivity index (χ4n) is 3.64. The lowest BCUT2D eigenvalue weighted by molar-refractivity contribution is 0.0150. The van der Waals surface area contributed by atoms with E-state index in [0.717, 1.165) is 19.3 Å². The van der Waals surface area contributed by atoms with E-state index in [-0.39, 0.29) is 16.6 Å². The number of hydrogen-bond acceptors (Lipinski definition) is 5. The van der Waals surface area contributed by atoms with Gasteiger partial charge in [0.15, 0.2) is 0 Å². The Balaban J connectivity index is 1.84. The number of nitrogens with one attached hydrogen (secondary N) is 2. The van der Waals surface area contributed by atoms with Crippen molar-refractivity contribution >= 4 is 17.7 Å². The molecule has 2 bridgehead atoms. The molecule has 0 atom stereocenters. The number of nitrogens with zero attached hydrogens (tertiary/aromatic N) is 2. The fraction of sp³-hybridized carbons (Fsp3) is 0.706. The Bertz CT molecular complexity index is 630. The lowest BCUT2D eigenvalue weighted by Gasteiger charge is -2.49. The van der Waals surface area contributed by atoms with Crippen molar-refractivity contribution in [3.63, 3.8) is 0 Å². The van der Waals surface area contributed by atoms with Crippen molar-refractivity contribution in [3.8, 4) is 0 Å². The first-order valence-electron chi connectivity index (χ1n) is 8.52. The van der Waals surface area contributed by atoms with Crippen molar-refractivity contribution in [2.24, 2.45) is 5.73 Å². The highest BCUT2D eigenvalue weighted by Crippen LogP contribution is 2.50. The van der Waals surface area contributed by atoms with E-state index in [1.54, 1.807) is 0 Å². The molecule has 1 aromatic heterocycles. The predicted octanol–water partition coefficient (Wildman–Crippen LogP) is 3.01. The van der Waals surface area contributed by atoms with Gasteiger partial charge in [0, 0.05) is 17.3 Å². The summed E-state index contributed by atoms with van der Waals surface area (Å²) in [5, 5.41) is 6.61. The van der Waals surface area contributed by atoms with Crippen LogP contribution in [0.15, 0.2) is 6.20 Å². The number of primary amides is 1. The maximum Gasteiger partial charge on any atom is 0.254 e. The number of carbonyl (C=O) groups is 1. The summed E-state index contributed by atoms with van der Waals surface area (Å²) in [5.74, 6) is 0.319. The predicted molar refractivity (Wildman–Crippen MR) is 91.8 cm³/mol. The summed E-state index contributed by atoms with van der Waals surface area (Å²) in [6.07, 6.45) is 5.57. The third-order valence-corrected chi connectivity index (χ3v) is 5.08. The Labute approximate surface area is 141 Å². The Morgan fingerprint density at radius 2 is 1.79 bits per heavy atom. The minimum atomic E-state index is -0.973. The van der Waals surface area contributed by atoms with Gasteiger partial charge in [-0.05, 0) is 59.3 Å². The Kier molecular flexibility index (Phi) is 3.92. The maximum atomic E-state index is 14.3. The summed E-state index contributed by atoms with van der Waals surface area (Å²) >= 11 is 0. The van der Waals surface area contributed by atoms with Gasteiger partial charge in [0.05, 0.1) is 5.56 Å². The van der Waals surface area contributed by atoms with Crippen LogP contribution in [-0.4, -0.2) is 32.6 Å². The number of aromatic nitrogens is 2. The molecule has 4 N–H and O–H groups in total. The molecule has 132 valence electrons. The normalized spacial score (nSPS) is 29.3. The van der Waals surface area contributed by atoms with Crippen LogP contribution in [0.2, 0.25) is 0 Å². The zero-order chi connectivity index (χ0) is 17.6. The van der Waals surface area contributed by atoms with Crippen LogP contribution >= 0.6 is 0 Å². The molecule has 0 aromatic carbocycles. The summed E-state index contributed by atoms with van der Waals surface area (Å²) in [7, 11) is 0. The molecule has 1 amide bonds. The van der Waals surface area contributed by atoms with Crippen molar-refractivity contribution in [2.45, 2.75) is 76.0 Å². The van der Waals surface area contributed by atoms with Crippen LogP contribution in [0, 0.1) is 0 Å². The summed E-state index contributed by atoms with van der Waals surface area (Å²) in [5.41, 5.74) is 4.31. The van der Waals surface area contributed by atoms with Gasteiger partial charge in [0.25, 0.3) is 5.91 Å². The van der Waals surface area contributed by atoms with Crippen LogP contribution in [0.3, 0.4) is 0 Å². The summed E-state index contributed by atoms with van der Waals surface area (Å²) in [6.45, 7) is 5.94. The average molecular weight is 335 g/mol. The average Bonchev–Trinajstić information content (AvgIpc) is 2.47. The number of halogens is 1. The molecule has 0 aliphatic heterocycles. The minimum absolute atomic E-state index is 0.138. The second-order valence-corrected chi connectivity index (χ2v) is 8.25. The van der Waals surface area contributed by atoms with Crippen molar-refractivity contribution in [2.75, 3.05) is 10.6 Å². The lowest BCUT2D eigenvalue weighted by atomic mass is 9.64. The number of carbonyl (C=O) groups excluding carboxylic acids is 1. The van der Waals surface area contributed by atoms with E-state index in [1.807, 2.05) is 20.8 Å². The van der Waals surface area contributed by atoms with Gasteiger partial charge in [-0.2, -0.15) is 4.98 Å². The second-order valence-electron chi connectivity index (χ2n) is 8.25. The van der Waals surface area contributed by atoms with Gasteiger partial charge in [0.2, 0.25) is 5.95 Å². The van der Waals surface area contributed by atoms with Crippen LogP contribution in [0.25, 0.3) is 0 Å². The monoisotopic (exact) mass is 335 g/mol. The lowest BCUT2D eigenvalue weighted by Crippen LogP contribution is -2.52. The van der Waals surface area contributed by atoms with Crippen LogP contribution in [0.5, 0.6) is 0 Å². The molecule has 1 aromatic rings. The highest BCUT2D eigenvalue weighted by Gasteiger charge is 2.49. The van der Waals surface area contributed by atoms with Crippen LogP contribution in [-0.2, 0) is 0 Å². The SMILES string of the molecule is CC(C)(C)Nc1nc(NC23CCC(F)(CC2)CC3)ncc1C(N)=O. The van der Waals surface area contributed by atoms with Crippen molar-refractivity contribution < 1.29 is 9.18 Å². The summed E-state index contributed by atoms with van der Waals surface area (Å²) < 4.78 is 14.3. The number of nitrogens with two attached hydrogens (primary N) is 1. The van der Waals surface area contributed by atoms with Gasteiger partial charge in [-0.25, -0.2) is 9.37 Å². The van der Waals surface area contributed by atoms with Crippen LogP contribution < -0.4 is 16.4 Å². The summed E-state index contributed by atoms with van der Waals surface area (Å²) in [4.78, 5) is 20.3. The quantitative estimate of drug-likeness (QED) is 0.786. The van der Waals surface area contributed by atoms with E-state index in [4.69, 9.17) is 5.73 Å². The topological polar surface area (TPSA) is 92.9 Å². The molecule has 3 aliphatic carbocycles. The van der Waals surface area contributed by atoms with Gasteiger partial charge < -0.3 is 16.4 Å². The van der Waals surface area contributed by atoms with Gasteiger partial charge in [-0.3, -0.25) is 4.79 Å². The Morgan fingerprint density at radius 3 is 2.29 bits per heavy atom. The smallest absolute Gasteiger partial charge is 0.254 e. The number of fused-ring (bicyclic) bond motifs is 3. The van der Waals surface area contributed by atoms with E-state index in [9.17, 15) is 9.18 Å². The molecule has 0 unspecified atom stereocenters. The first-order chi connectivity index (χ1) is 11.1. The van der Waals surface area contributed by atoms with E-state index < -0.39 is 11.6 Å². The molecule has 4 rings (SSSR count). The number of hydrogen-bond donors (Lipinski definition) is 3. The zero-order valence-corrected chi connectivity index (χ0v) is 14.6. The highest BCUT2D eigenvalue weighted by molar-refractivity contribution is 5.97. The van der Waals surface area contributed by atoms with Gasteiger partial charge in [-0.1, -0.05) is 0 Å².